The van der Waals surface area contributed by atoms with Crippen molar-refractivity contribution in [1.29, 1.82) is 0 Å². The second kappa shape index (κ2) is 7.71. The lowest BCUT2D eigenvalue weighted by Gasteiger charge is -2.04. The minimum absolute atomic E-state index is 0.0593. The van der Waals surface area contributed by atoms with Gasteiger partial charge in [0.2, 0.25) is 5.89 Å². The first-order valence-corrected chi connectivity index (χ1v) is 9.99. The van der Waals surface area contributed by atoms with E-state index in [1.807, 2.05) is 19.9 Å². The van der Waals surface area contributed by atoms with Gasteiger partial charge in [-0.25, -0.2) is 8.42 Å². The normalized spacial score (nSPS) is 11.3. The van der Waals surface area contributed by atoms with E-state index in [1.54, 1.807) is 42.5 Å². The van der Waals surface area contributed by atoms with Gasteiger partial charge in [0.05, 0.1) is 10.6 Å². The molecular weight excluding hydrogens is 366 g/mol. The number of hydrogen-bond acceptors (Lipinski definition) is 6. The van der Waals surface area contributed by atoms with E-state index in [0.29, 0.717) is 5.56 Å². The zero-order valence-electron chi connectivity index (χ0n) is 15.0. The van der Waals surface area contributed by atoms with E-state index in [2.05, 4.69) is 15.5 Å². The largest absolute Gasteiger partial charge is 0.408 e. The Bertz CT molecular complexity index is 1060. The maximum Gasteiger partial charge on any atom is 0.322 e. The van der Waals surface area contributed by atoms with Crippen LogP contribution in [-0.4, -0.2) is 30.3 Å². The van der Waals surface area contributed by atoms with Crippen molar-refractivity contribution in [3.63, 3.8) is 0 Å². The number of hydrogen-bond donors (Lipinski definition) is 1. The number of anilines is 1. The van der Waals surface area contributed by atoms with Crippen LogP contribution < -0.4 is 5.32 Å². The van der Waals surface area contributed by atoms with Crippen LogP contribution in [-0.2, 0) is 16.3 Å². The Hall–Kier alpha value is -3.00. The Morgan fingerprint density at radius 1 is 1.04 bits per heavy atom. The molecule has 1 amide bonds. The van der Waals surface area contributed by atoms with E-state index in [-0.39, 0.29) is 34.9 Å². The summed E-state index contributed by atoms with van der Waals surface area (Å²) >= 11 is 0. The van der Waals surface area contributed by atoms with Gasteiger partial charge in [-0.15, -0.1) is 5.10 Å². The van der Waals surface area contributed by atoms with Gasteiger partial charge in [-0.1, -0.05) is 29.4 Å². The number of benzene rings is 2. The van der Waals surface area contributed by atoms with E-state index < -0.39 is 9.84 Å². The predicted molar refractivity (Wildman–Crippen MR) is 100 cm³/mol. The summed E-state index contributed by atoms with van der Waals surface area (Å²) in [7, 11) is -3.44. The van der Waals surface area contributed by atoms with Crippen molar-refractivity contribution in [3.8, 4) is 0 Å². The summed E-state index contributed by atoms with van der Waals surface area (Å²) in [5.74, 6) is -0.390. The highest BCUT2D eigenvalue weighted by molar-refractivity contribution is 7.91. The number of nitrogens with zero attached hydrogens (tertiary/aromatic N) is 2. The Balaban J connectivity index is 1.63. The molecule has 3 aromatic rings. The minimum atomic E-state index is -3.44. The molecule has 0 fully saturated rings. The van der Waals surface area contributed by atoms with Gasteiger partial charge in [0.15, 0.2) is 9.84 Å². The third-order valence-corrected chi connectivity index (χ3v) is 5.88. The summed E-state index contributed by atoms with van der Waals surface area (Å²) in [4.78, 5) is 12.5. The second-order valence-corrected chi connectivity index (χ2v) is 8.25. The summed E-state index contributed by atoms with van der Waals surface area (Å²) in [6, 6.07) is 13.4. The smallest absolute Gasteiger partial charge is 0.322 e. The van der Waals surface area contributed by atoms with E-state index in [9.17, 15) is 13.2 Å². The van der Waals surface area contributed by atoms with E-state index in [0.717, 1.165) is 11.1 Å². The molecule has 0 atom stereocenters. The molecule has 8 heteroatoms. The molecule has 7 nitrogen and oxygen atoms in total. The summed E-state index contributed by atoms with van der Waals surface area (Å²) in [6.07, 6.45) is 0.0593. The molecule has 2 aromatic carbocycles. The van der Waals surface area contributed by atoms with Crippen LogP contribution in [0.2, 0.25) is 0 Å². The van der Waals surface area contributed by atoms with Crippen molar-refractivity contribution in [2.45, 2.75) is 25.2 Å². The van der Waals surface area contributed by atoms with Crippen LogP contribution in [0.4, 0.5) is 6.01 Å². The first-order valence-electron chi connectivity index (χ1n) is 8.34. The van der Waals surface area contributed by atoms with Gasteiger partial charge in [-0.05, 0) is 49.2 Å². The number of aryl methyl sites for hydroxylation is 3. The molecule has 0 aliphatic rings. The molecule has 1 heterocycles. The number of amides is 1. The van der Waals surface area contributed by atoms with Crippen LogP contribution >= 0.6 is 0 Å². The Morgan fingerprint density at radius 3 is 2.48 bits per heavy atom. The highest BCUT2D eigenvalue weighted by Gasteiger charge is 2.17. The fourth-order valence-corrected chi connectivity index (χ4v) is 3.68. The predicted octanol–water partition coefficient (Wildman–Crippen LogP) is 2.96. The lowest BCUT2D eigenvalue weighted by molar-refractivity contribution is 0.102. The van der Waals surface area contributed by atoms with Crippen LogP contribution in [0.1, 0.15) is 27.4 Å². The topological polar surface area (TPSA) is 102 Å². The average molecular weight is 385 g/mol. The summed E-state index contributed by atoms with van der Waals surface area (Å²) < 4.78 is 29.9. The number of aromatic nitrogens is 2. The Labute approximate surface area is 157 Å². The van der Waals surface area contributed by atoms with Gasteiger partial charge < -0.3 is 4.42 Å². The molecule has 1 aromatic heterocycles. The zero-order valence-corrected chi connectivity index (χ0v) is 15.8. The van der Waals surface area contributed by atoms with Gasteiger partial charge in [-0.3, -0.25) is 10.1 Å². The van der Waals surface area contributed by atoms with Crippen LogP contribution in [0.25, 0.3) is 0 Å². The molecule has 0 bridgehead atoms. The van der Waals surface area contributed by atoms with Crippen molar-refractivity contribution in [2.75, 3.05) is 11.1 Å². The molecule has 140 valence electrons. The number of sulfone groups is 1. The molecule has 27 heavy (non-hydrogen) atoms. The zero-order chi connectivity index (χ0) is 19.4. The maximum atomic E-state index is 12.3. The lowest BCUT2D eigenvalue weighted by atomic mass is 10.1. The van der Waals surface area contributed by atoms with Gasteiger partial charge in [0.1, 0.15) is 0 Å². The van der Waals surface area contributed by atoms with Gasteiger partial charge in [-0.2, -0.15) is 0 Å². The van der Waals surface area contributed by atoms with Crippen molar-refractivity contribution >= 4 is 21.8 Å². The fraction of sp³-hybridized carbons (Fsp3) is 0.211. The molecule has 0 aliphatic carbocycles. The summed E-state index contributed by atoms with van der Waals surface area (Å²) in [5, 5.41) is 10.1. The lowest BCUT2D eigenvalue weighted by Crippen LogP contribution is -2.12. The standard InChI is InChI=1S/C19H19N3O4S/c1-13-8-9-15(12-14(13)2)18(23)20-19-22-21-17(26-19)10-11-27(24,25)16-6-4-3-5-7-16/h3-9,12H,10-11H2,1-2H3,(H,20,22,23). The third-order valence-electron chi connectivity index (χ3n) is 4.14. The third kappa shape index (κ3) is 4.59. The number of carbonyl (C=O) groups is 1. The van der Waals surface area contributed by atoms with Crippen LogP contribution in [0.5, 0.6) is 0 Å². The molecule has 0 spiro atoms. The molecule has 0 saturated heterocycles. The van der Waals surface area contributed by atoms with Crippen LogP contribution in [0.15, 0.2) is 57.8 Å². The molecule has 3 rings (SSSR count). The van der Waals surface area contributed by atoms with E-state index in [4.69, 9.17) is 4.42 Å². The molecular formula is C19H19N3O4S. The van der Waals surface area contributed by atoms with Crippen LogP contribution in [0.3, 0.4) is 0 Å². The highest BCUT2D eigenvalue weighted by atomic mass is 32.2. The van der Waals surface area contributed by atoms with E-state index in [1.165, 1.54) is 0 Å². The molecule has 0 unspecified atom stereocenters. The van der Waals surface area contributed by atoms with Gasteiger partial charge in [0.25, 0.3) is 5.91 Å². The molecule has 0 aliphatic heterocycles. The SMILES string of the molecule is Cc1ccc(C(=O)Nc2nnc(CCS(=O)(=O)c3ccccc3)o2)cc1C. The molecule has 1 N–H and O–H groups in total. The second-order valence-electron chi connectivity index (χ2n) is 6.14. The first-order chi connectivity index (χ1) is 12.8. The number of rotatable bonds is 6. The summed E-state index contributed by atoms with van der Waals surface area (Å²) in [5.41, 5.74) is 2.57. The molecule has 0 radical (unpaired) electrons. The highest BCUT2D eigenvalue weighted by Crippen LogP contribution is 2.15. The quantitative estimate of drug-likeness (QED) is 0.700. The number of nitrogens with one attached hydrogen (secondary N) is 1. The Kier molecular flexibility index (Phi) is 5.36. The average Bonchev–Trinajstić information content (AvgIpc) is 3.10. The summed E-state index contributed by atoms with van der Waals surface area (Å²) in [6.45, 7) is 3.88. The van der Waals surface area contributed by atoms with Crippen molar-refractivity contribution in [3.05, 3.63) is 71.1 Å². The van der Waals surface area contributed by atoms with Crippen LogP contribution in [0, 0.1) is 13.8 Å². The molecule has 0 saturated carbocycles. The fourth-order valence-electron chi connectivity index (χ4n) is 2.42. The van der Waals surface area contributed by atoms with E-state index >= 15 is 0 Å². The van der Waals surface area contributed by atoms with Crippen molar-refractivity contribution < 1.29 is 17.6 Å². The van der Waals surface area contributed by atoms with Crippen molar-refractivity contribution in [1.82, 2.24) is 10.2 Å². The number of carbonyl (C=O) groups excluding carboxylic acids is 1. The maximum absolute atomic E-state index is 12.3. The monoisotopic (exact) mass is 385 g/mol. The first kappa shape index (κ1) is 18.8. The minimum Gasteiger partial charge on any atom is -0.408 e. The van der Waals surface area contributed by atoms with Crippen molar-refractivity contribution in [2.24, 2.45) is 0 Å². The van der Waals surface area contributed by atoms with Gasteiger partial charge >= 0.3 is 6.01 Å². The Morgan fingerprint density at radius 2 is 1.78 bits per heavy atom. The van der Waals surface area contributed by atoms with Gasteiger partial charge in [0, 0.05) is 12.0 Å².